The van der Waals surface area contributed by atoms with Gasteiger partial charge in [-0.15, -0.1) is 0 Å². The molecule has 6 heteroatoms. The summed E-state index contributed by atoms with van der Waals surface area (Å²) >= 11 is 6.09. The molecule has 0 aromatic heterocycles. The smallest absolute Gasteiger partial charge is 0.272 e. The Bertz CT molecular complexity index is 1510. The van der Waals surface area contributed by atoms with Crippen LogP contribution in [0.5, 0.6) is 0 Å². The average Bonchev–Trinajstić information content (AvgIpc) is 2.93. The van der Waals surface area contributed by atoms with Crippen molar-refractivity contribution in [3.8, 4) is 0 Å². The molecule has 4 rings (SSSR count). The first kappa shape index (κ1) is 26.3. The van der Waals surface area contributed by atoms with E-state index in [9.17, 15) is 14.4 Å². The van der Waals surface area contributed by atoms with Crippen LogP contribution in [0.4, 0.5) is 5.69 Å². The summed E-state index contributed by atoms with van der Waals surface area (Å²) in [6, 6.07) is 30.0. The summed E-state index contributed by atoms with van der Waals surface area (Å²) in [6.07, 6.45) is 4.83. The average molecular weight is 521 g/mol. The number of allylic oxidation sites excluding steroid dienone is 1. The lowest BCUT2D eigenvalue weighted by atomic mass is 10.1. The Hall–Kier alpha value is -4.74. The number of ketones is 1. The molecule has 0 atom stereocenters. The summed E-state index contributed by atoms with van der Waals surface area (Å²) < 4.78 is 0. The zero-order valence-corrected chi connectivity index (χ0v) is 21.4. The lowest BCUT2D eigenvalue weighted by molar-refractivity contribution is -0.113. The standard InChI is InChI=1S/C32H25ClN2O3/c1-22-10-12-23(13-11-22)14-19-30(36)25-15-17-28(18-16-25)34-32(38)29(21-24-6-5-9-27(33)20-24)35-31(37)26-7-3-2-4-8-26/h2-21H,1H3,(H,34,38)(H,35,37)/b19-14+,29-21-. The van der Waals surface area contributed by atoms with Crippen LogP contribution in [0.1, 0.15) is 37.4 Å². The third-order valence-electron chi connectivity index (χ3n) is 5.62. The van der Waals surface area contributed by atoms with Crippen LogP contribution in [0.25, 0.3) is 12.2 Å². The number of benzene rings is 4. The van der Waals surface area contributed by atoms with Crippen LogP contribution in [-0.2, 0) is 4.79 Å². The molecule has 4 aromatic carbocycles. The van der Waals surface area contributed by atoms with Crippen LogP contribution in [0.2, 0.25) is 5.02 Å². The van der Waals surface area contributed by atoms with Crippen molar-refractivity contribution in [3.63, 3.8) is 0 Å². The van der Waals surface area contributed by atoms with Crippen molar-refractivity contribution in [2.45, 2.75) is 6.92 Å². The number of aryl methyl sites for hydroxylation is 1. The van der Waals surface area contributed by atoms with E-state index in [4.69, 9.17) is 11.6 Å². The molecule has 0 saturated heterocycles. The van der Waals surface area contributed by atoms with E-state index in [-0.39, 0.29) is 11.5 Å². The van der Waals surface area contributed by atoms with Crippen LogP contribution in [0.3, 0.4) is 0 Å². The molecule has 0 aliphatic carbocycles. The van der Waals surface area contributed by atoms with Crippen molar-refractivity contribution < 1.29 is 14.4 Å². The summed E-state index contributed by atoms with van der Waals surface area (Å²) in [5.74, 6) is -1.09. The molecule has 0 heterocycles. The predicted molar refractivity (Wildman–Crippen MR) is 153 cm³/mol. The molecule has 2 amide bonds. The molecule has 0 bridgehead atoms. The van der Waals surface area contributed by atoms with Crippen molar-refractivity contribution in [3.05, 3.63) is 148 Å². The summed E-state index contributed by atoms with van der Waals surface area (Å²) in [7, 11) is 0. The number of halogens is 1. The van der Waals surface area contributed by atoms with Crippen molar-refractivity contribution in [1.29, 1.82) is 0 Å². The predicted octanol–water partition coefficient (Wildman–Crippen LogP) is 6.95. The number of carbonyl (C=O) groups is 3. The van der Waals surface area contributed by atoms with Gasteiger partial charge < -0.3 is 10.6 Å². The Morgan fingerprint density at radius 1 is 0.737 bits per heavy atom. The molecular formula is C32H25ClN2O3. The lowest BCUT2D eigenvalue weighted by Crippen LogP contribution is -2.30. The number of hydrogen-bond acceptors (Lipinski definition) is 3. The molecule has 0 fully saturated rings. The minimum atomic E-state index is -0.521. The van der Waals surface area contributed by atoms with E-state index in [0.717, 1.165) is 11.1 Å². The highest BCUT2D eigenvalue weighted by molar-refractivity contribution is 6.30. The summed E-state index contributed by atoms with van der Waals surface area (Å²) in [4.78, 5) is 38.5. The van der Waals surface area contributed by atoms with E-state index in [1.807, 2.05) is 31.2 Å². The van der Waals surface area contributed by atoms with Crippen LogP contribution in [0, 0.1) is 6.92 Å². The van der Waals surface area contributed by atoms with E-state index < -0.39 is 11.8 Å². The van der Waals surface area contributed by atoms with Crippen molar-refractivity contribution in [2.24, 2.45) is 0 Å². The Morgan fingerprint density at radius 3 is 2.13 bits per heavy atom. The zero-order valence-electron chi connectivity index (χ0n) is 20.6. The quantitative estimate of drug-likeness (QED) is 0.195. The van der Waals surface area contributed by atoms with Crippen LogP contribution < -0.4 is 10.6 Å². The highest BCUT2D eigenvalue weighted by Crippen LogP contribution is 2.16. The second kappa shape index (κ2) is 12.5. The van der Waals surface area contributed by atoms with Gasteiger partial charge in [0, 0.05) is 21.8 Å². The van der Waals surface area contributed by atoms with Crippen molar-refractivity contribution >= 4 is 47.0 Å². The first-order valence-electron chi connectivity index (χ1n) is 11.9. The monoisotopic (exact) mass is 520 g/mol. The van der Waals surface area contributed by atoms with Gasteiger partial charge in [0.05, 0.1) is 0 Å². The number of carbonyl (C=O) groups excluding carboxylic acids is 3. The van der Waals surface area contributed by atoms with Gasteiger partial charge >= 0.3 is 0 Å². The number of rotatable bonds is 8. The van der Waals surface area contributed by atoms with Gasteiger partial charge in [-0.1, -0.05) is 77.8 Å². The molecule has 0 unspecified atom stereocenters. The third-order valence-corrected chi connectivity index (χ3v) is 5.86. The fourth-order valence-corrected chi connectivity index (χ4v) is 3.77. The number of nitrogens with one attached hydrogen (secondary N) is 2. The molecule has 0 saturated carbocycles. The first-order chi connectivity index (χ1) is 18.4. The second-order valence-corrected chi connectivity index (χ2v) is 9.01. The third kappa shape index (κ3) is 7.38. The minimum Gasteiger partial charge on any atom is -0.321 e. The first-order valence-corrected chi connectivity index (χ1v) is 12.3. The van der Waals surface area contributed by atoms with E-state index >= 15 is 0 Å². The van der Waals surface area contributed by atoms with E-state index in [1.165, 1.54) is 6.08 Å². The van der Waals surface area contributed by atoms with Gasteiger partial charge in [-0.2, -0.15) is 0 Å². The molecule has 0 aliphatic rings. The van der Waals surface area contributed by atoms with Gasteiger partial charge in [-0.25, -0.2) is 0 Å². The molecule has 0 radical (unpaired) electrons. The lowest BCUT2D eigenvalue weighted by Gasteiger charge is -2.12. The molecule has 4 aromatic rings. The van der Waals surface area contributed by atoms with Gasteiger partial charge in [-0.05, 0) is 78.7 Å². The van der Waals surface area contributed by atoms with Gasteiger partial charge in [0.2, 0.25) is 0 Å². The fraction of sp³-hybridized carbons (Fsp3) is 0.0312. The molecular weight excluding hydrogens is 496 g/mol. The zero-order chi connectivity index (χ0) is 26.9. The Labute approximate surface area is 226 Å². The molecule has 0 aliphatic heterocycles. The van der Waals surface area contributed by atoms with Gasteiger partial charge in [-0.3, -0.25) is 14.4 Å². The van der Waals surface area contributed by atoms with E-state index in [2.05, 4.69) is 10.6 Å². The summed E-state index contributed by atoms with van der Waals surface area (Å²) in [6.45, 7) is 2.01. The summed E-state index contributed by atoms with van der Waals surface area (Å²) in [5, 5.41) is 5.97. The van der Waals surface area contributed by atoms with Crippen LogP contribution in [0.15, 0.2) is 115 Å². The fourth-order valence-electron chi connectivity index (χ4n) is 3.57. The Balaban J connectivity index is 1.49. The molecule has 38 heavy (non-hydrogen) atoms. The molecule has 188 valence electrons. The van der Waals surface area contributed by atoms with Crippen molar-refractivity contribution in [2.75, 3.05) is 5.32 Å². The second-order valence-electron chi connectivity index (χ2n) is 8.57. The molecule has 0 spiro atoms. The minimum absolute atomic E-state index is 0.0438. The maximum absolute atomic E-state index is 13.2. The van der Waals surface area contributed by atoms with Gasteiger partial charge in [0.15, 0.2) is 5.78 Å². The number of hydrogen-bond donors (Lipinski definition) is 2. The van der Waals surface area contributed by atoms with Gasteiger partial charge in [0.1, 0.15) is 5.70 Å². The van der Waals surface area contributed by atoms with E-state index in [0.29, 0.717) is 27.4 Å². The highest BCUT2D eigenvalue weighted by atomic mass is 35.5. The highest BCUT2D eigenvalue weighted by Gasteiger charge is 2.15. The number of amides is 2. The maximum atomic E-state index is 13.2. The van der Waals surface area contributed by atoms with E-state index in [1.54, 1.807) is 91.0 Å². The number of anilines is 1. The Kier molecular flexibility index (Phi) is 8.65. The van der Waals surface area contributed by atoms with Gasteiger partial charge in [0.25, 0.3) is 11.8 Å². The summed E-state index contributed by atoms with van der Waals surface area (Å²) in [5.41, 5.74) is 4.15. The maximum Gasteiger partial charge on any atom is 0.272 e. The molecule has 2 N–H and O–H groups in total. The van der Waals surface area contributed by atoms with Crippen LogP contribution >= 0.6 is 11.6 Å². The topological polar surface area (TPSA) is 75.3 Å². The molecule has 5 nitrogen and oxygen atoms in total. The SMILES string of the molecule is Cc1ccc(/C=C/C(=O)c2ccc(NC(=O)/C(=C/c3cccc(Cl)c3)NC(=O)c3ccccc3)cc2)cc1. The van der Waals surface area contributed by atoms with Crippen LogP contribution in [-0.4, -0.2) is 17.6 Å². The Morgan fingerprint density at radius 2 is 1.45 bits per heavy atom. The normalized spacial score (nSPS) is 11.3. The largest absolute Gasteiger partial charge is 0.321 e. The van der Waals surface area contributed by atoms with Crippen molar-refractivity contribution in [1.82, 2.24) is 5.32 Å².